The molecule has 3 aromatic rings. The van der Waals surface area contributed by atoms with Crippen molar-refractivity contribution in [1.82, 2.24) is 9.97 Å². The number of methoxy groups -OCH3 is 1. The molecule has 30 heavy (non-hydrogen) atoms. The van der Waals surface area contributed by atoms with Crippen LogP contribution in [0.1, 0.15) is 18.1 Å². The molecule has 150 valence electrons. The molecule has 0 unspecified atom stereocenters. The summed E-state index contributed by atoms with van der Waals surface area (Å²) in [5.74, 6) is -0.209. The zero-order chi connectivity index (χ0) is 21.5. The number of carboxylic acid groups (broad SMARTS) is 1. The fourth-order valence-corrected chi connectivity index (χ4v) is 2.68. The number of para-hydroxylation sites is 1. The third-order valence-electron chi connectivity index (χ3n) is 4.11. The first-order valence-corrected chi connectivity index (χ1v) is 8.77. The highest BCUT2D eigenvalue weighted by Gasteiger charge is 2.25. The van der Waals surface area contributed by atoms with E-state index in [1.165, 1.54) is 32.6 Å². The second-order valence-electron chi connectivity index (χ2n) is 5.93. The molecule has 0 radical (unpaired) electrons. The highest BCUT2D eigenvalue weighted by Crippen LogP contribution is 2.40. The molecule has 0 amide bonds. The Bertz CT molecular complexity index is 1140. The molecule has 0 saturated heterocycles. The quantitative estimate of drug-likeness (QED) is 0.456. The van der Waals surface area contributed by atoms with Crippen molar-refractivity contribution in [3.8, 4) is 29.2 Å². The molecule has 2 aromatic carbocycles. The lowest BCUT2D eigenvalue weighted by atomic mass is 10.0. The number of nitrogens with zero attached hydrogens (tertiary/aromatic N) is 3. The van der Waals surface area contributed by atoms with E-state index < -0.39 is 5.97 Å². The summed E-state index contributed by atoms with van der Waals surface area (Å²) in [5.41, 5.74) is 0.303. The number of ether oxygens (including phenoxy) is 3. The van der Waals surface area contributed by atoms with Crippen LogP contribution >= 0.6 is 0 Å². The smallest absolute Gasteiger partial charge is 0.340 e. The summed E-state index contributed by atoms with van der Waals surface area (Å²) >= 11 is 0. The monoisotopic (exact) mass is 403 g/mol. The number of nitriles is 1. The van der Waals surface area contributed by atoms with Crippen LogP contribution in [0.5, 0.6) is 23.1 Å². The summed E-state index contributed by atoms with van der Waals surface area (Å²) < 4.78 is 17.0. The first-order valence-electron chi connectivity index (χ1n) is 8.77. The van der Waals surface area contributed by atoms with Crippen molar-refractivity contribution in [1.29, 1.82) is 5.26 Å². The molecule has 0 saturated carbocycles. The Balaban J connectivity index is 2.20. The van der Waals surface area contributed by atoms with Crippen LogP contribution in [0.3, 0.4) is 0 Å². The Morgan fingerprint density at radius 3 is 2.37 bits per heavy atom. The molecule has 0 fully saturated rings. The van der Waals surface area contributed by atoms with Gasteiger partial charge in [0.2, 0.25) is 5.88 Å². The normalized spacial score (nSPS) is 11.1. The van der Waals surface area contributed by atoms with Crippen LogP contribution in [-0.2, 0) is 9.53 Å². The van der Waals surface area contributed by atoms with Crippen LogP contribution in [0.25, 0.3) is 5.57 Å². The van der Waals surface area contributed by atoms with E-state index in [0.29, 0.717) is 5.56 Å². The van der Waals surface area contributed by atoms with Gasteiger partial charge in [-0.2, -0.15) is 5.26 Å². The maximum absolute atomic E-state index is 12.1. The minimum absolute atomic E-state index is 0.147. The van der Waals surface area contributed by atoms with Crippen molar-refractivity contribution in [3.05, 3.63) is 77.9 Å². The second-order valence-corrected chi connectivity index (χ2v) is 5.93. The summed E-state index contributed by atoms with van der Waals surface area (Å²) in [6.45, 7) is 1.53. The van der Waals surface area contributed by atoms with Gasteiger partial charge in [-0.3, -0.25) is 0 Å². The van der Waals surface area contributed by atoms with Gasteiger partial charge in [0.15, 0.2) is 0 Å². The lowest BCUT2D eigenvalue weighted by molar-refractivity contribution is -0.130. The molecule has 0 aliphatic rings. The maximum Gasteiger partial charge on any atom is 0.340 e. The Labute approximate surface area is 172 Å². The lowest BCUT2D eigenvalue weighted by Gasteiger charge is -2.17. The third-order valence-corrected chi connectivity index (χ3v) is 4.11. The Morgan fingerprint density at radius 2 is 1.73 bits per heavy atom. The minimum Gasteiger partial charge on any atom is -0.500 e. The standard InChI is InChI=1S/C22H17N3O5/c1-14(28-2)20(22(26)27)21-17(29-16-7-4-3-6-15(16)12-23)8-5-9-18(21)30-19-10-11-24-13-25-19/h3-11,13H,1-2H3,(H,26,27). The van der Waals surface area contributed by atoms with E-state index in [0.717, 1.165) is 0 Å². The van der Waals surface area contributed by atoms with Gasteiger partial charge >= 0.3 is 5.97 Å². The van der Waals surface area contributed by atoms with Gasteiger partial charge in [0, 0.05) is 12.3 Å². The van der Waals surface area contributed by atoms with Crippen LogP contribution in [-0.4, -0.2) is 28.2 Å². The van der Waals surface area contributed by atoms with E-state index in [-0.39, 0.29) is 40.0 Å². The van der Waals surface area contributed by atoms with E-state index in [9.17, 15) is 15.2 Å². The van der Waals surface area contributed by atoms with Crippen LogP contribution in [0.15, 0.2) is 66.8 Å². The summed E-state index contributed by atoms with van der Waals surface area (Å²) in [6, 6.07) is 15.0. The Kier molecular flexibility index (Phi) is 6.25. The number of carbonyl (C=O) groups is 1. The molecule has 0 spiro atoms. The Morgan fingerprint density at radius 1 is 1.03 bits per heavy atom. The van der Waals surface area contributed by atoms with Crippen LogP contribution < -0.4 is 9.47 Å². The fourth-order valence-electron chi connectivity index (χ4n) is 2.68. The summed E-state index contributed by atoms with van der Waals surface area (Å²) in [5, 5.41) is 19.2. The van der Waals surface area contributed by atoms with Crippen molar-refractivity contribution >= 4 is 11.5 Å². The number of hydrogen-bond acceptors (Lipinski definition) is 7. The largest absolute Gasteiger partial charge is 0.500 e. The molecule has 1 heterocycles. The predicted molar refractivity (Wildman–Crippen MR) is 107 cm³/mol. The highest BCUT2D eigenvalue weighted by molar-refractivity contribution is 6.17. The van der Waals surface area contributed by atoms with Gasteiger partial charge in [-0.1, -0.05) is 18.2 Å². The third kappa shape index (κ3) is 4.36. The molecule has 0 atom stereocenters. The zero-order valence-electron chi connectivity index (χ0n) is 16.2. The number of hydrogen-bond donors (Lipinski definition) is 1. The number of carboxylic acids is 1. The molecule has 0 bridgehead atoms. The molecule has 1 aromatic heterocycles. The Hall–Kier alpha value is -4.38. The minimum atomic E-state index is -1.23. The van der Waals surface area contributed by atoms with Gasteiger partial charge in [-0.05, 0) is 31.2 Å². The van der Waals surface area contributed by atoms with Crippen molar-refractivity contribution < 1.29 is 24.1 Å². The van der Waals surface area contributed by atoms with E-state index in [2.05, 4.69) is 9.97 Å². The molecular formula is C22H17N3O5. The summed E-state index contributed by atoms with van der Waals surface area (Å²) in [4.78, 5) is 20.0. The first-order chi connectivity index (χ1) is 14.5. The lowest BCUT2D eigenvalue weighted by Crippen LogP contribution is -2.07. The van der Waals surface area contributed by atoms with Crippen LogP contribution in [0.2, 0.25) is 0 Å². The molecule has 0 aliphatic heterocycles. The van der Waals surface area contributed by atoms with Gasteiger partial charge in [-0.25, -0.2) is 14.8 Å². The van der Waals surface area contributed by atoms with Crippen molar-refractivity contribution in [3.63, 3.8) is 0 Å². The zero-order valence-corrected chi connectivity index (χ0v) is 16.2. The highest BCUT2D eigenvalue weighted by atomic mass is 16.5. The second kappa shape index (κ2) is 9.21. The maximum atomic E-state index is 12.1. The van der Waals surface area contributed by atoms with Gasteiger partial charge in [0.25, 0.3) is 0 Å². The average molecular weight is 403 g/mol. The molecule has 8 heteroatoms. The molecule has 3 rings (SSSR count). The predicted octanol–water partition coefficient (Wildman–Crippen LogP) is 4.39. The van der Waals surface area contributed by atoms with Crippen LogP contribution in [0.4, 0.5) is 0 Å². The summed E-state index contributed by atoms with van der Waals surface area (Å²) in [6.07, 6.45) is 2.81. The number of rotatable bonds is 7. The molecule has 0 aliphatic carbocycles. The van der Waals surface area contributed by atoms with E-state index >= 15 is 0 Å². The number of benzene rings is 2. The first kappa shape index (κ1) is 20.4. The van der Waals surface area contributed by atoms with Gasteiger partial charge in [-0.15, -0.1) is 0 Å². The average Bonchev–Trinajstić information content (AvgIpc) is 2.76. The van der Waals surface area contributed by atoms with E-state index in [4.69, 9.17) is 14.2 Å². The van der Waals surface area contributed by atoms with Gasteiger partial charge in [0.05, 0.1) is 18.2 Å². The van der Waals surface area contributed by atoms with Gasteiger partial charge < -0.3 is 19.3 Å². The van der Waals surface area contributed by atoms with Crippen molar-refractivity contribution in [2.45, 2.75) is 6.92 Å². The van der Waals surface area contributed by atoms with Crippen molar-refractivity contribution in [2.24, 2.45) is 0 Å². The van der Waals surface area contributed by atoms with Crippen LogP contribution in [0, 0.1) is 11.3 Å². The number of allylic oxidation sites excluding steroid dienone is 1. The number of aliphatic carboxylic acids is 1. The molecular weight excluding hydrogens is 386 g/mol. The number of aromatic nitrogens is 2. The topological polar surface area (TPSA) is 115 Å². The molecule has 1 N–H and O–H groups in total. The van der Waals surface area contributed by atoms with Crippen molar-refractivity contribution in [2.75, 3.05) is 7.11 Å². The molecule has 8 nitrogen and oxygen atoms in total. The summed E-state index contributed by atoms with van der Waals surface area (Å²) in [7, 11) is 1.37. The fraction of sp³-hybridized carbons (Fsp3) is 0.0909. The van der Waals surface area contributed by atoms with Gasteiger partial charge in [0.1, 0.15) is 41.0 Å². The SMILES string of the molecule is COC(C)=C(C(=O)O)c1c(Oc2ccncn2)cccc1Oc1ccccc1C#N. The van der Waals surface area contributed by atoms with E-state index in [1.807, 2.05) is 6.07 Å². The van der Waals surface area contributed by atoms with E-state index in [1.54, 1.807) is 42.5 Å².